The molecule has 0 saturated carbocycles. The second-order valence-corrected chi connectivity index (χ2v) is 11.3. The van der Waals surface area contributed by atoms with E-state index in [-0.39, 0.29) is 22.4 Å². The van der Waals surface area contributed by atoms with Crippen molar-refractivity contribution in [3.63, 3.8) is 0 Å². The van der Waals surface area contributed by atoms with Gasteiger partial charge in [-0.3, -0.25) is 14.5 Å². The van der Waals surface area contributed by atoms with Gasteiger partial charge in [0.15, 0.2) is 9.47 Å². The summed E-state index contributed by atoms with van der Waals surface area (Å²) in [6.45, 7) is 0. The summed E-state index contributed by atoms with van der Waals surface area (Å²) in [6.07, 6.45) is 0. The van der Waals surface area contributed by atoms with E-state index < -0.39 is 29.2 Å². The average Bonchev–Trinajstić information content (AvgIpc) is 3.45. The number of rotatable bonds is 7. The van der Waals surface area contributed by atoms with Crippen LogP contribution in [0, 0.1) is 0 Å². The third kappa shape index (κ3) is 4.33. The van der Waals surface area contributed by atoms with E-state index in [0.717, 1.165) is 21.7 Å². The number of nitrogens with one attached hydrogen (secondary N) is 1. The molecule has 16 heteroatoms. The molecule has 2 aliphatic heterocycles. The van der Waals surface area contributed by atoms with E-state index in [0.29, 0.717) is 15.0 Å². The molecule has 4 heterocycles. The number of aliphatic carboxylic acids is 1. The molecule has 2 aliphatic rings. The van der Waals surface area contributed by atoms with Gasteiger partial charge in [0.05, 0.1) is 10.2 Å². The molecular weight excluding hydrogens is 535 g/mol. The van der Waals surface area contributed by atoms with Crippen molar-refractivity contribution in [3.8, 4) is 0 Å². The molecule has 0 bridgehead atoms. The van der Waals surface area contributed by atoms with Crippen molar-refractivity contribution < 1.29 is 24.3 Å². The number of carboxylic acid groups (broad SMARTS) is 1. The molecule has 4 N–H and O–H groups in total. The number of fused-ring (bicyclic) bond motifs is 2. The van der Waals surface area contributed by atoms with Gasteiger partial charge >= 0.3 is 5.97 Å². The second kappa shape index (κ2) is 9.44. The molecule has 35 heavy (non-hydrogen) atoms. The lowest BCUT2D eigenvalue weighted by molar-refractivity contribution is -0.150. The number of hydrogen-bond donors (Lipinski definition) is 3. The molecule has 1 saturated heterocycles. The average molecular weight is 550 g/mol. The maximum atomic E-state index is 13.0. The molecule has 5 rings (SSSR count). The fourth-order valence-corrected chi connectivity index (χ4v) is 7.63. The van der Waals surface area contributed by atoms with Crippen LogP contribution in [-0.2, 0) is 19.2 Å². The number of oxime groups is 1. The zero-order valence-electron chi connectivity index (χ0n) is 17.7. The normalized spacial score (nSPS) is 20.0. The summed E-state index contributed by atoms with van der Waals surface area (Å²) >= 11 is 4.92. The Hall–Kier alpha value is -3.21. The van der Waals surface area contributed by atoms with Crippen LogP contribution in [-0.4, -0.2) is 72.1 Å². The SMILES string of the molecule is CON=C(C(=O)NC1C(=O)N2C(C(=O)O)=C(Sc3nc4ccccc4s3)CS[C@@H]12)c1nsc(N)n1. The van der Waals surface area contributed by atoms with Crippen molar-refractivity contribution in [2.45, 2.75) is 15.8 Å². The maximum absolute atomic E-state index is 13.0. The lowest BCUT2D eigenvalue weighted by Crippen LogP contribution is -2.71. The lowest BCUT2D eigenvalue weighted by Gasteiger charge is -2.49. The van der Waals surface area contributed by atoms with E-state index in [2.05, 4.69) is 24.8 Å². The van der Waals surface area contributed by atoms with Crippen molar-refractivity contribution in [1.82, 2.24) is 24.6 Å². The molecule has 0 spiro atoms. The summed E-state index contributed by atoms with van der Waals surface area (Å²) in [5, 5.41) is 15.7. The predicted octanol–water partition coefficient (Wildman–Crippen LogP) is 1.57. The molecule has 1 aromatic carbocycles. The van der Waals surface area contributed by atoms with Crippen LogP contribution in [0.1, 0.15) is 5.82 Å². The van der Waals surface area contributed by atoms with Crippen molar-refractivity contribution in [1.29, 1.82) is 0 Å². The highest BCUT2D eigenvalue weighted by atomic mass is 32.2. The summed E-state index contributed by atoms with van der Waals surface area (Å²) < 4.78 is 5.62. The Balaban J connectivity index is 1.36. The minimum absolute atomic E-state index is 0.0348. The fourth-order valence-electron chi connectivity index (χ4n) is 3.49. The van der Waals surface area contributed by atoms with E-state index in [1.165, 1.54) is 46.9 Å². The number of hydrogen-bond acceptors (Lipinski definition) is 13. The summed E-state index contributed by atoms with van der Waals surface area (Å²) in [5.41, 5.74) is 6.06. The fraction of sp³-hybridized carbons (Fsp3) is 0.211. The summed E-state index contributed by atoms with van der Waals surface area (Å²) in [6, 6.07) is 6.67. The summed E-state index contributed by atoms with van der Waals surface area (Å²) in [4.78, 5) is 52.8. The number of benzene rings is 1. The van der Waals surface area contributed by atoms with Crippen LogP contribution in [0.2, 0.25) is 0 Å². The Kier molecular flexibility index (Phi) is 6.35. The number of carboxylic acids is 1. The van der Waals surface area contributed by atoms with Crippen molar-refractivity contribution >= 4 is 85.2 Å². The third-order valence-electron chi connectivity index (χ3n) is 4.96. The molecule has 1 fully saturated rings. The number of β-lactam (4-membered cyclic amide) rings is 1. The van der Waals surface area contributed by atoms with Gasteiger partial charge in [0.1, 0.15) is 24.2 Å². The van der Waals surface area contributed by atoms with E-state index in [9.17, 15) is 19.5 Å². The van der Waals surface area contributed by atoms with E-state index >= 15 is 0 Å². The number of anilines is 1. The molecule has 3 aromatic rings. The van der Waals surface area contributed by atoms with Gasteiger partial charge in [-0.2, -0.15) is 9.36 Å². The molecule has 2 aromatic heterocycles. The molecule has 2 amide bonds. The van der Waals surface area contributed by atoms with Gasteiger partial charge in [-0.25, -0.2) is 9.78 Å². The highest BCUT2D eigenvalue weighted by Crippen LogP contribution is 2.46. The zero-order valence-corrected chi connectivity index (χ0v) is 21.0. The molecule has 180 valence electrons. The maximum Gasteiger partial charge on any atom is 0.353 e. The van der Waals surface area contributed by atoms with Crippen molar-refractivity contribution in [2.75, 3.05) is 18.6 Å². The van der Waals surface area contributed by atoms with Gasteiger partial charge < -0.3 is 21.0 Å². The van der Waals surface area contributed by atoms with Gasteiger partial charge in [-0.15, -0.1) is 23.1 Å². The lowest BCUT2D eigenvalue weighted by atomic mass is 10.0. The molecule has 0 radical (unpaired) electrons. The molecular formula is C19H15N7O5S4. The number of amides is 2. The number of nitrogen functional groups attached to an aromatic ring is 1. The number of carbonyl (C=O) groups excluding carboxylic acids is 2. The first-order valence-electron chi connectivity index (χ1n) is 9.83. The Morgan fingerprint density at radius 1 is 1.34 bits per heavy atom. The molecule has 0 aliphatic carbocycles. The van der Waals surface area contributed by atoms with Crippen LogP contribution in [0.15, 0.2) is 44.4 Å². The number of carbonyl (C=O) groups is 3. The standard InChI is InChI=1S/C19H15N7O5S4/c1-31-24-10(13-23-18(20)35-25-13)14(27)22-11-15(28)26-12(17(29)30)9(6-32-16(11)26)34-19-21-7-4-2-3-5-8(7)33-19/h2-5,11,16H,6H2,1H3,(H,22,27)(H,29,30)(H2,20,23,25)/t11?,16-/m0/s1. The van der Waals surface area contributed by atoms with E-state index in [1.54, 1.807) is 0 Å². The Labute approximate surface area is 213 Å². The summed E-state index contributed by atoms with van der Waals surface area (Å²) in [5.74, 6) is -2.20. The summed E-state index contributed by atoms with van der Waals surface area (Å²) in [7, 11) is 1.25. The quantitative estimate of drug-likeness (QED) is 0.222. The highest BCUT2D eigenvalue weighted by molar-refractivity contribution is 8.07. The predicted molar refractivity (Wildman–Crippen MR) is 133 cm³/mol. The number of thioether (sulfide) groups is 2. The van der Waals surface area contributed by atoms with Crippen LogP contribution in [0.4, 0.5) is 5.13 Å². The molecule has 12 nitrogen and oxygen atoms in total. The largest absolute Gasteiger partial charge is 0.477 e. The Bertz CT molecular complexity index is 1380. The van der Waals surface area contributed by atoms with Gasteiger partial charge in [-0.05, 0) is 12.1 Å². The first kappa shape index (κ1) is 23.5. The topological polar surface area (TPSA) is 173 Å². The minimum atomic E-state index is -1.22. The number of nitrogens with zero attached hydrogens (tertiary/aromatic N) is 5. The number of aromatic nitrogens is 3. The van der Waals surface area contributed by atoms with Crippen LogP contribution >= 0.6 is 46.4 Å². The smallest absolute Gasteiger partial charge is 0.353 e. The monoisotopic (exact) mass is 549 g/mol. The van der Waals surface area contributed by atoms with Crippen LogP contribution in [0.3, 0.4) is 0 Å². The minimum Gasteiger partial charge on any atom is -0.477 e. The van der Waals surface area contributed by atoms with Crippen LogP contribution in [0.25, 0.3) is 10.2 Å². The van der Waals surface area contributed by atoms with Gasteiger partial charge in [0.25, 0.3) is 11.8 Å². The number of para-hydroxylation sites is 1. The Morgan fingerprint density at radius 2 is 2.14 bits per heavy atom. The van der Waals surface area contributed by atoms with Crippen molar-refractivity contribution in [3.05, 3.63) is 40.7 Å². The molecule has 1 unspecified atom stereocenters. The van der Waals surface area contributed by atoms with Gasteiger partial charge in [0, 0.05) is 22.2 Å². The molecule has 2 atom stereocenters. The van der Waals surface area contributed by atoms with Gasteiger partial charge in [-0.1, -0.05) is 29.1 Å². The first-order valence-corrected chi connectivity index (χ1v) is 13.3. The van der Waals surface area contributed by atoms with Gasteiger partial charge in [0.2, 0.25) is 11.5 Å². The van der Waals surface area contributed by atoms with E-state index in [1.807, 2.05) is 24.3 Å². The first-order chi connectivity index (χ1) is 16.9. The zero-order chi connectivity index (χ0) is 24.7. The van der Waals surface area contributed by atoms with Crippen molar-refractivity contribution in [2.24, 2.45) is 5.16 Å². The second-order valence-electron chi connectivity index (χ2n) is 7.07. The number of thiazole rings is 1. The number of nitrogens with two attached hydrogens (primary N) is 1. The third-order valence-corrected chi connectivity index (χ3v) is 9.14. The van der Waals surface area contributed by atoms with Crippen LogP contribution < -0.4 is 11.1 Å². The van der Waals surface area contributed by atoms with E-state index in [4.69, 9.17) is 10.6 Å². The van der Waals surface area contributed by atoms with Crippen LogP contribution in [0.5, 0.6) is 0 Å². The Morgan fingerprint density at radius 3 is 2.83 bits per heavy atom. The highest BCUT2D eigenvalue weighted by Gasteiger charge is 2.54.